The predicted octanol–water partition coefficient (Wildman–Crippen LogP) is 2.48. The Morgan fingerprint density at radius 3 is 2.60 bits per heavy atom. The topological polar surface area (TPSA) is 27.3 Å². The summed E-state index contributed by atoms with van der Waals surface area (Å²) in [6, 6.07) is 0. The monoisotopic (exact) mass is 281 g/mol. The molecule has 1 saturated carbocycles. The highest BCUT2D eigenvalue weighted by Gasteiger charge is 2.21. The van der Waals surface area contributed by atoms with Crippen molar-refractivity contribution in [2.75, 3.05) is 45.8 Å². The Bertz CT molecular complexity index is 238. The van der Waals surface area contributed by atoms with Crippen LogP contribution in [0.4, 0.5) is 0 Å². The number of nitrogens with zero attached hydrogens (tertiary/aromatic N) is 1. The zero-order chi connectivity index (χ0) is 14.0. The summed E-state index contributed by atoms with van der Waals surface area (Å²) in [6.45, 7) is 10.9. The van der Waals surface area contributed by atoms with E-state index in [1.807, 2.05) is 0 Å². The Kier molecular flexibility index (Phi) is 7.92. The summed E-state index contributed by atoms with van der Waals surface area (Å²) >= 11 is 0. The van der Waals surface area contributed by atoms with E-state index in [0.29, 0.717) is 0 Å². The van der Waals surface area contributed by atoms with Crippen LogP contribution in [0.2, 0.25) is 0 Å². The number of rotatable bonds is 9. The molecule has 1 aliphatic carbocycles. The van der Waals surface area contributed by atoms with Gasteiger partial charge in [-0.15, -0.1) is 0 Å². The maximum absolute atomic E-state index is 3.70. The molecule has 3 nitrogen and oxygen atoms in total. The molecule has 2 fully saturated rings. The first-order chi connectivity index (χ1) is 9.88. The van der Waals surface area contributed by atoms with Gasteiger partial charge in [0.05, 0.1) is 0 Å². The molecule has 0 aromatic heterocycles. The van der Waals surface area contributed by atoms with Crippen molar-refractivity contribution in [2.24, 2.45) is 11.8 Å². The van der Waals surface area contributed by atoms with E-state index in [9.17, 15) is 0 Å². The molecule has 118 valence electrons. The summed E-state index contributed by atoms with van der Waals surface area (Å²) in [6.07, 6.45) is 10.1. The van der Waals surface area contributed by atoms with E-state index in [0.717, 1.165) is 18.4 Å². The molecule has 0 aromatic rings. The number of hydrogen-bond acceptors (Lipinski definition) is 3. The first kappa shape index (κ1) is 16.3. The molecular formula is C17H35N3. The smallest absolute Gasteiger partial charge is 0.0107 e. The standard InChI is InChI=1S/C17H35N3/c1-2-18-10-8-17-9-12-20(15-17)13-11-19-14-16-6-4-3-5-7-16/h16-19H,2-15H2,1H3. The third-order valence-electron chi connectivity index (χ3n) is 5.11. The largest absolute Gasteiger partial charge is 0.317 e. The van der Waals surface area contributed by atoms with Crippen LogP contribution >= 0.6 is 0 Å². The molecule has 0 spiro atoms. The summed E-state index contributed by atoms with van der Waals surface area (Å²) in [4.78, 5) is 2.66. The van der Waals surface area contributed by atoms with Crippen LogP contribution in [0.25, 0.3) is 0 Å². The minimum atomic E-state index is 0.937. The lowest BCUT2D eigenvalue weighted by molar-refractivity contribution is 0.301. The van der Waals surface area contributed by atoms with E-state index in [4.69, 9.17) is 0 Å². The highest BCUT2D eigenvalue weighted by Crippen LogP contribution is 2.22. The van der Waals surface area contributed by atoms with Crippen LogP contribution in [0.1, 0.15) is 51.9 Å². The molecule has 2 N–H and O–H groups in total. The van der Waals surface area contributed by atoms with E-state index in [1.165, 1.54) is 84.2 Å². The molecular weight excluding hydrogens is 246 g/mol. The van der Waals surface area contributed by atoms with Gasteiger partial charge < -0.3 is 15.5 Å². The summed E-state index contributed by atoms with van der Waals surface area (Å²) in [7, 11) is 0. The zero-order valence-corrected chi connectivity index (χ0v) is 13.5. The van der Waals surface area contributed by atoms with Crippen molar-refractivity contribution in [3.63, 3.8) is 0 Å². The van der Waals surface area contributed by atoms with Crippen LogP contribution in [0.5, 0.6) is 0 Å². The second-order valence-corrected chi connectivity index (χ2v) is 6.81. The minimum absolute atomic E-state index is 0.937. The summed E-state index contributed by atoms with van der Waals surface area (Å²) in [5.74, 6) is 1.91. The van der Waals surface area contributed by atoms with E-state index < -0.39 is 0 Å². The van der Waals surface area contributed by atoms with Gasteiger partial charge in [0.25, 0.3) is 0 Å². The van der Waals surface area contributed by atoms with E-state index >= 15 is 0 Å². The summed E-state index contributed by atoms with van der Waals surface area (Å²) in [5, 5.41) is 7.14. The lowest BCUT2D eigenvalue weighted by Crippen LogP contribution is -2.33. The van der Waals surface area contributed by atoms with Crippen LogP contribution in [0.3, 0.4) is 0 Å². The Morgan fingerprint density at radius 1 is 0.950 bits per heavy atom. The van der Waals surface area contributed by atoms with Crippen LogP contribution in [0, 0.1) is 11.8 Å². The Hall–Kier alpha value is -0.120. The molecule has 0 amide bonds. The third-order valence-corrected chi connectivity index (χ3v) is 5.11. The van der Waals surface area contributed by atoms with Crippen molar-refractivity contribution in [3.8, 4) is 0 Å². The van der Waals surface area contributed by atoms with Crippen LogP contribution in [-0.4, -0.2) is 50.7 Å². The van der Waals surface area contributed by atoms with Crippen molar-refractivity contribution < 1.29 is 0 Å². The fourth-order valence-corrected chi connectivity index (χ4v) is 3.77. The van der Waals surface area contributed by atoms with Crippen molar-refractivity contribution in [1.82, 2.24) is 15.5 Å². The van der Waals surface area contributed by atoms with Gasteiger partial charge in [-0.3, -0.25) is 0 Å². The van der Waals surface area contributed by atoms with Gasteiger partial charge in [-0.25, -0.2) is 0 Å². The molecule has 1 atom stereocenters. The fraction of sp³-hybridized carbons (Fsp3) is 1.00. The minimum Gasteiger partial charge on any atom is -0.317 e. The molecule has 2 rings (SSSR count). The first-order valence-electron chi connectivity index (χ1n) is 9.02. The van der Waals surface area contributed by atoms with E-state index in [2.05, 4.69) is 22.5 Å². The van der Waals surface area contributed by atoms with Crippen LogP contribution < -0.4 is 10.6 Å². The molecule has 1 saturated heterocycles. The molecule has 1 unspecified atom stereocenters. The lowest BCUT2D eigenvalue weighted by atomic mass is 9.89. The first-order valence-corrected chi connectivity index (χ1v) is 9.02. The van der Waals surface area contributed by atoms with E-state index in [1.54, 1.807) is 0 Å². The normalized spacial score (nSPS) is 25.4. The second-order valence-electron chi connectivity index (χ2n) is 6.81. The number of likely N-dealkylation sites (tertiary alicyclic amines) is 1. The summed E-state index contributed by atoms with van der Waals surface area (Å²) < 4.78 is 0. The molecule has 3 heteroatoms. The Morgan fingerprint density at radius 2 is 1.80 bits per heavy atom. The lowest BCUT2D eigenvalue weighted by Gasteiger charge is -2.23. The highest BCUT2D eigenvalue weighted by molar-refractivity contribution is 4.77. The second kappa shape index (κ2) is 9.75. The van der Waals surface area contributed by atoms with Gasteiger partial charge in [0.1, 0.15) is 0 Å². The maximum atomic E-state index is 3.70. The average molecular weight is 281 g/mol. The molecule has 2 aliphatic rings. The SMILES string of the molecule is CCNCCC1CCN(CCNCC2CCCCC2)C1. The van der Waals surface area contributed by atoms with Crippen LogP contribution in [0.15, 0.2) is 0 Å². The van der Waals surface area contributed by atoms with Gasteiger partial charge in [0.15, 0.2) is 0 Å². The quantitative estimate of drug-likeness (QED) is 0.636. The van der Waals surface area contributed by atoms with Crippen molar-refractivity contribution in [1.29, 1.82) is 0 Å². The van der Waals surface area contributed by atoms with Gasteiger partial charge in [-0.1, -0.05) is 26.2 Å². The zero-order valence-electron chi connectivity index (χ0n) is 13.5. The maximum Gasteiger partial charge on any atom is 0.0107 e. The molecule has 0 aromatic carbocycles. The number of nitrogens with one attached hydrogen (secondary N) is 2. The molecule has 0 bridgehead atoms. The van der Waals surface area contributed by atoms with Gasteiger partial charge in [0.2, 0.25) is 0 Å². The van der Waals surface area contributed by atoms with Gasteiger partial charge in [-0.05, 0) is 63.7 Å². The third kappa shape index (κ3) is 6.11. The van der Waals surface area contributed by atoms with Crippen molar-refractivity contribution >= 4 is 0 Å². The van der Waals surface area contributed by atoms with Crippen molar-refractivity contribution in [3.05, 3.63) is 0 Å². The van der Waals surface area contributed by atoms with Crippen LogP contribution in [-0.2, 0) is 0 Å². The molecule has 20 heavy (non-hydrogen) atoms. The van der Waals surface area contributed by atoms with E-state index in [-0.39, 0.29) is 0 Å². The molecule has 1 aliphatic heterocycles. The van der Waals surface area contributed by atoms with Crippen molar-refractivity contribution in [2.45, 2.75) is 51.9 Å². The van der Waals surface area contributed by atoms with Gasteiger partial charge in [-0.2, -0.15) is 0 Å². The number of hydrogen-bond donors (Lipinski definition) is 2. The van der Waals surface area contributed by atoms with Gasteiger partial charge in [0, 0.05) is 19.6 Å². The average Bonchev–Trinajstić information content (AvgIpc) is 2.93. The highest BCUT2D eigenvalue weighted by atomic mass is 15.2. The molecule has 0 radical (unpaired) electrons. The Labute approximate surface area is 125 Å². The van der Waals surface area contributed by atoms with Gasteiger partial charge >= 0.3 is 0 Å². The predicted molar refractivity (Wildman–Crippen MR) is 87.2 cm³/mol. The summed E-state index contributed by atoms with van der Waals surface area (Å²) in [5.41, 5.74) is 0. The molecule has 1 heterocycles. The fourth-order valence-electron chi connectivity index (χ4n) is 3.77. The Balaban J connectivity index is 1.46.